The van der Waals surface area contributed by atoms with Crippen LogP contribution in [0.5, 0.6) is 0 Å². The average Bonchev–Trinajstić information content (AvgIpc) is 2.75. The summed E-state index contributed by atoms with van der Waals surface area (Å²) in [6.45, 7) is 6.37. The Balaban J connectivity index is 1.94. The second-order valence-electron chi connectivity index (χ2n) is 4.72. The lowest BCUT2D eigenvalue weighted by Crippen LogP contribution is -2.32. The third-order valence-corrected chi connectivity index (χ3v) is 3.29. The summed E-state index contributed by atoms with van der Waals surface area (Å²) in [6, 6.07) is 0. The minimum atomic E-state index is 0.124. The number of nitrogen functional groups attached to an aromatic ring is 1. The first-order valence-corrected chi connectivity index (χ1v) is 5.62. The normalized spacial score (nSPS) is 25.0. The van der Waals surface area contributed by atoms with Crippen molar-refractivity contribution < 1.29 is 4.79 Å². The fraction of sp³-hybridized carbons (Fsp3) is 0.636. The highest BCUT2D eigenvalue weighted by Crippen LogP contribution is 2.22. The van der Waals surface area contributed by atoms with Crippen molar-refractivity contribution in [3.8, 4) is 0 Å². The number of rotatable bonds is 2. The first kappa shape index (κ1) is 11.0. The number of nitrogens with zero attached hydrogens (tertiary/aromatic N) is 3. The van der Waals surface area contributed by atoms with Crippen LogP contribution in [0.1, 0.15) is 13.8 Å². The minimum absolute atomic E-state index is 0.124. The van der Waals surface area contributed by atoms with Crippen molar-refractivity contribution >= 4 is 11.6 Å². The van der Waals surface area contributed by atoms with Crippen LogP contribution < -0.4 is 5.73 Å². The van der Waals surface area contributed by atoms with Crippen LogP contribution in [0.25, 0.3) is 0 Å². The van der Waals surface area contributed by atoms with E-state index >= 15 is 0 Å². The van der Waals surface area contributed by atoms with Crippen molar-refractivity contribution in [3.05, 3.63) is 12.4 Å². The smallest absolute Gasteiger partial charge is 0.244 e. The highest BCUT2D eigenvalue weighted by Gasteiger charge is 2.29. The molecule has 5 nitrogen and oxygen atoms in total. The van der Waals surface area contributed by atoms with Crippen molar-refractivity contribution in [3.63, 3.8) is 0 Å². The second kappa shape index (κ2) is 4.15. The van der Waals surface area contributed by atoms with E-state index in [2.05, 4.69) is 18.9 Å². The van der Waals surface area contributed by atoms with Crippen LogP contribution >= 0.6 is 0 Å². The van der Waals surface area contributed by atoms with Gasteiger partial charge in [0, 0.05) is 19.3 Å². The molecular weight excluding hydrogens is 204 g/mol. The lowest BCUT2D eigenvalue weighted by atomic mass is 10.0. The number of hydrogen-bond acceptors (Lipinski definition) is 3. The van der Waals surface area contributed by atoms with Gasteiger partial charge in [0.2, 0.25) is 5.91 Å². The molecule has 0 bridgehead atoms. The molecule has 1 fully saturated rings. The number of anilines is 1. The van der Waals surface area contributed by atoms with Crippen molar-refractivity contribution in [2.75, 3.05) is 18.8 Å². The number of amides is 1. The first-order valence-electron chi connectivity index (χ1n) is 5.62. The van der Waals surface area contributed by atoms with E-state index in [0.29, 0.717) is 17.5 Å². The van der Waals surface area contributed by atoms with E-state index in [1.165, 1.54) is 0 Å². The van der Waals surface area contributed by atoms with Gasteiger partial charge in [-0.25, -0.2) is 0 Å². The zero-order valence-corrected chi connectivity index (χ0v) is 9.76. The number of hydrogen-bond donors (Lipinski definition) is 1. The molecule has 1 saturated heterocycles. The van der Waals surface area contributed by atoms with Gasteiger partial charge in [-0.05, 0) is 11.8 Å². The SMILES string of the molecule is CC1CN(C(=O)Cn2cc(N)cn2)CC1C. The predicted molar refractivity (Wildman–Crippen MR) is 61.5 cm³/mol. The van der Waals surface area contributed by atoms with Gasteiger partial charge in [0.1, 0.15) is 6.54 Å². The van der Waals surface area contributed by atoms with Gasteiger partial charge in [0.25, 0.3) is 0 Å². The number of nitrogens with two attached hydrogens (primary N) is 1. The monoisotopic (exact) mass is 222 g/mol. The van der Waals surface area contributed by atoms with Crippen LogP contribution in [0.3, 0.4) is 0 Å². The largest absolute Gasteiger partial charge is 0.396 e. The molecule has 2 rings (SSSR count). The van der Waals surface area contributed by atoms with Crippen LogP contribution in [0.4, 0.5) is 5.69 Å². The van der Waals surface area contributed by atoms with E-state index in [9.17, 15) is 4.79 Å². The Morgan fingerprint density at radius 2 is 2.12 bits per heavy atom. The highest BCUT2D eigenvalue weighted by molar-refractivity contribution is 5.76. The van der Waals surface area contributed by atoms with E-state index in [4.69, 9.17) is 5.73 Å². The molecule has 1 aliphatic heterocycles. The van der Waals surface area contributed by atoms with Gasteiger partial charge in [-0.15, -0.1) is 0 Å². The molecule has 2 heterocycles. The maximum Gasteiger partial charge on any atom is 0.244 e. The Kier molecular flexibility index (Phi) is 2.85. The van der Waals surface area contributed by atoms with Crippen molar-refractivity contribution in [1.82, 2.24) is 14.7 Å². The molecule has 1 aromatic rings. The molecule has 1 amide bonds. The van der Waals surface area contributed by atoms with Gasteiger partial charge in [0.15, 0.2) is 0 Å². The van der Waals surface area contributed by atoms with E-state index in [1.54, 1.807) is 17.1 Å². The molecule has 0 aliphatic carbocycles. The predicted octanol–water partition coefficient (Wildman–Crippen LogP) is 0.580. The maximum atomic E-state index is 11.9. The molecule has 88 valence electrons. The fourth-order valence-corrected chi connectivity index (χ4v) is 2.04. The minimum Gasteiger partial charge on any atom is -0.396 e. The summed E-state index contributed by atoms with van der Waals surface area (Å²) in [5, 5.41) is 4.01. The molecule has 0 spiro atoms. The van der Waals surface area contributed by atoms with Crippen LogP contribution in [0.15, 0.2) is 12.4 Å². The molecule has 2 atom stereocenters. The Labute approximate surface area is 95.2 Å². The third-order valence-electron chi connectivity index (χ3n) is 3.29. The third kappa shape index (κ3) is 2.18. The average molecular weight is 222 g/mol. The summed E-state index contributed by atoms with van der Waals surface area (Å²) in [5.41, 5.74) is 6.14. The molecule has 0 radical (unpaired) electrons. The molecular formula is C11H18N4O. The molecule has 0 aromatic carbocycles. The Bertz CT molecular complexity index is 377. The standard InChI is InChI=1S/C11H18N4O/c1-8-4-14(5-9(8)2)11(16)7-15-6-10(12)3-13-15/h3,6,8-9H,4-5,7,12H2,1-2H3. The van der Waals surface area contributed by atoms with E-state index in [-0.39, 0.29) is 12.5 Å². The zero-order chi connectivity index (χ0) is 11.7. The van der Waals surface area contributed by atoms with Crippen LogP contribution in [-0.4, -0.2) is 33.7 Å². The number of carbonyl (C=O) groups excluding carboxylic acids is 1. The van der Waals surface area contributed by atoms with Crippen LogP contribution in [-0.2, 0) is 11.3 Å². The van der Waals surface area contributed by atoms with Gasteiger partial charge in [-0.3, -0.25) is 9.48 Å². The second-order valence-corrected chi connectivity index (χ2v) is 4.72. The Hall–Kier alpha value is -1.52. The lowest BCUT2D eigenvalue weighted by Gasteiger charge is -2.15. The van der Waals surface area contributed by atoms with Crippen molar-refractivity contribution in [2.45, 2.75) is 20.4 Å². The molecule has 2 unspecified atom stereocenters. The molecule has 1 aliphatic rings. The van der Waals surface area contributed by atoms with Gasteiger partial charge in [-0.2, -0.15) is 5.10 Å². The summed E-state index contributed by atoms with van der Waals surface area (Å²) in [5.74, 6) is 1.30. The number of carbonyl (C=O) groups is 1. The van der Waals surface area contributed by atoms with Crippen LogP contribution in [0, 0.1) is 11.8 Å². The van der Waals surface area contributed by atoms with Gasteiger partial charge in [-0.1, -0.05) is 13.8 Å². The summed E-state index contributed by atoms with van der Waals surface area (Å²) >= 11 is 0. The fourth-order valence-electron chi connectivity index (χ4n) is 2.04. The van der Waals surface area contributed by atoms with Gasteiger partial charge >= 0.3 is 0 Å². The van der Waals surface area contributed by atoms with Gasteiger partial charge < -0.3 is 10.6 Å². The number of likely N-dealkylation sites (tertiary alicyclic amines) is 1. The quantitative estimate of drug-likeness (QED) is 0.796. The lowest BCUT2D eigenvalue weighted by molar-refractivity contribution is -0.131. The molecule has 0 saturated carbocycles. The number of aromatic nitrogens is 2. The summed E-state index contributed by atoms with van der Waals surface area (Å²) < 4.78 is 1.59. The van der Waals surface area contributed by atoms with Gasteiger partial charge in [0.05, 0.1) is 11.9 Å². The Morgan fingerprint density at radius 1 is 1.50 bits per heavy atom. The molecule has 1 aromatic heterocycles. The Morgan fingerprint density at radius 3 is 2.62 bits per heavy atom. The molecule has 5 heteroatoms. The van der Waals surface area contributed by atoms with E-state index in [0.717, 1.165) is 13.1 Å². The zero-order valence-electron chi connectivity index (χ0n) is 9.76. The van der Waals surface area contributed by atoms with E-state index in [1.807, 2.05) is 4.90 Å². The van der Waals surface area contributed by atoms with Crippen molar-refractivity contribution in [1.29, 1.82) is 0 Å². The van der Waals surface area contributed by atoms with E-state index < -0.39 is 0 Å². The summed E-state index contributed by atoms with van der Waals surface area (Å²) in [6.07, 6.45) is 3.24. The topological polar surface area (TPSA) is 64.2 Å². The highest BCUT2D eigenvalue weighted by atomic mass is 16.2. The van der Waals surface area contributed by atoms with Crippen LogP contribution in [0.2, 0.25) is 0 Å². The summed E-state index contributed by atoms with van der Waals surface area (Å²) in [4.78, 5) is 13.8. The maximum absolute atomic E-state index is 11.9. The van der Waals surface area contributed by atoms with Crippen molar-refractivity contribution in [2.24, 2.45) is 11.8 Å². The molecule has 16 heavy (non-hydrogen) atoms. The summed E-state index contributed by atoms with van der Waals surface area (Å²) in [7, 11) is 0. The molecule has 2 N–H and O–H groups in total. The first-order chi connectivity index (χ1) is 7.56.